The second kappa shape index (κ2) is 18.0. The quantitative estimate of drug-likeness (QED) is 0.124. The first-order chi connectivity index (χ1) is 22.0. The van der Waals surface area contributed by atoms with Crippen molar-refractivity contribution in [3.05, 3.63) is 78.6 Å². The van der Waals surface area contributed by atoms with Crippen LogP contribution in [0.3, 0.4) is 0 Å². The van der Waals surface area contributed by atoms with Crippen molar-refractivity contribution in [2.45, 2.75) is 70.8 Å². The Bertz CT molecular complexity index is 1370. The maximum absolute atomic E-state index is 12.2. The van der Waals surface area contributed by atoms with Crippen LogP contribution in [0, 0.1) is 0 Å². The third-order valence-corrected chi connectivity index (χ3v) is 7.62. The SMILES string of the molecule is CC(C)(CCCCOc1cc(-c2ccccc2)cc(-c2ccccc2)n1)c1nnnn1CCCC(=O)NCCCOCCCN. The van der Waals surface area contributed by atoms with E-state index in [4.69, 9.17) is 20.2 Å². The van der Waals surface area contributed by atoms with E-state index in [1.54, 1.807) is 0 Å². The lowest BCUT2D eigenvalue weighted by Crippen LogP contribution is -2.26. The fraction of sp³-hybridized carbons (Fsp3) is 0.457. The Hall–Kier alpha value is -4.15. The fourth-order valence-corrected chi connectivity index (χ4v) is 5.10. The van der Waals surface area contributed by atoms with Gasteiger partial charge in [0, 0.05) is 49.8 Å². The molecule has 10 nitrogen and oxygen atoms in total. The Morgan fingerprint density at radius 2 is 1.60 bits per heavy atom. The number of ether oxygens (including phenoxy) is 2. The zero-order chi connectivity index (χ0) is 31.7. The van der Waals surface area contributed by atoms with Crippen LogP contribution in [0.2, 0.25) is 0 Å². The third-order valence-electron chi connectivity index (χ3n) is 7.62. The number of amides is 1. The highest BCUT2D eigenvalue weighted by Gasteiger charge is 2.27. The number of carbonyl (C=O) groups is 1. The van der Waals surface area contributed by atoms with E-state index in [1.807, 2.05) is 47.1 Å². The molecule has 1 amide bonds. The van der Waals surface area contributed by atoms with Crippen LogP contribution >= 0.6 is 0 Å². The van der Waals surface area contributed by atoms with Crippen LogP contribution in [-0.2, 0) is 21.5 Å². The van der Waals surface area contributed by atoms with Gasteiger partial charge in [-0.15, -0.1) is 5.10 Å². The Kier molecular flexibility index (Phi) is 13.5. The molecule has 2 aromatic heterocycles. The zero-order valence-corrected chi connectivity index (χ0v) is 26.7. The molecule has 0 aliphatic carbocycles. The molecule has 4 aromatic rings. The highest BCUT2D eigenvalue weighted by atomic mass is 16.5. The van der Waals surface area contributed by atoms with E-state index < -0.39 is 0 Å². The molecule has 0 unspecified atom stereocenters. The minimum Gasteiger partial charge on any atom is -0.478 e. The van der Waals surface area contributed by atoms with Gasteiger partial charge in [0.1, 0.15) is 0 Å². The van der Waals surface area contributed by atoms with Crippen molar-refractivity contribution in [2.75, 3.05) is 32.9 Å². The van der Waals surface area contributed by atoms with Crippen molar-refractivity contribution in [3.8, 4) is 28.3 Å². The average molecular weight is 614 g/mol. The first kappa shape index (κ1) is 33.7. The van der Waals surface area contributed by atoms with Gasteiger partial charge in [-0.25, -0.2) is 9.67 Å². The number of nitrogens with one attached hydrogen (secondary N) is 1. The zero-order valence-electron chi connectivity index (χ0n) is 26.7. The van der Waals surface area contributed by atoms with Crippen molar-refractivity contribution in [1.82, 2.24) is 30.5 Å². The average Bonchev–Trinajstić information content (AvgIpc) is 3.55. The Morgan fingerprint density at radius 1 is 0.867 bits per heavy atom. The lowest BCUT2D eigenvalue weighted by Gasteiger charge is -2.23. The minimum atomic E-state index is -0.221. The van der Waals surface area contributed by atoms with E-state index in [2.05, 4.69) is 65.0 Å². The summed E-state index contributed by atoms with van der Waals surface area (Å²) in [5.41, 5.74) is 9.38. The van der Waals surface area contributed by atoms with Gasteiger partial charge in [-0.05, 0) is 72.7 Å². The van der Waals surface area contributed by atoms with E-state index in [0.29, 0.717) is 58.2 Å². The van der Waals surface area contributed by atoms with Gasteiger partial charge in [0.05, 0.1) is 12.3 Å². The number of aromatic nitrogens is 5. The number of aryl methyl sites for hydroxylation is 1. The number of rotatable bonds is 20. The molecule has 0 saturated carbocycles. The minimum absolute atomic E-state index is 0.0329. The van der Waals surface area contributed by atoms with Crippen molar-refractivity contribution >= 4 is 5.91 Å². The van der Waals surface area contributed by atoms with Crippen LogP contribution < -0.4 is 15.8 Å². The largest absolute Gasteiger partial charge is 0.478 e. The van der Waals surface area contributed by atoms with Gasteiger partial charge >= 0.3 is 0 Å². The number of hydrogen-bond acceptors (Lipinski definition) is 8. The van der Waals surface area contributed by atoms with Gasteiger partial charge in [-0.3, -0.25) is 4.79 Å². The summed E-state index contributed by atoms with van der Waals surface area (Å²) in [5, 5.41) is 15.4. The standard InChI is InChI=1S/C35H47N7O3/c1-35(2,34-39-40-41-42(34)22-11-18-32(43)37-21-13-24-44-23-12-20-36)19-9-10-25-45-33-27-30(28-14-5-3-6-15-28)26-31(38-33)29-16-7-4-8-17-29/h3-8,14-17,26-27H,9-13,18-25,36H2,1-2H3,(H,37,43). The molecule has 0 aliphatic rings. The number of hydrogen-bond donors (Lipinski definition) is 2. The van der Waals surface area contributed by atoms with Gasteiger partial charge < -0.3 is 20.5 Å². The molecule has 4 rings (SSSR count). The Balaban J connectivity index is 1.22. The molecule has 0 saturated heterocycles. The summed E-state index contributed by atoms with van der Waals surface area (Å²) in [4.78, 5) is 17.0. The predicted molar refractivity (Wildman–Crippen MR) is 177 cm³/mol. The maximum atomic E-state index is 12.2. The normalized spacial score (nSPS) is 11.4. The maximum Gasteiger partial charge on any atom is 0.220 e. The van der Waals surface area contributed by atoms with Gasteiger partial charge in [0.15, 0.2) is 5.82 Å². The van der Waals surface area contributed by atoms with E-state index in [1.165, 1.54) is 0 Å². The Labute approximate surface area is 266 Å². The number of unbranched alkanes of at least 4 members (excludes halogenated alkanes) is 1. The molecular formula is C35H47N7O3. The fourth-order valence-electron chi connectivity index (χ4n) is 5.10. The lowest BCUT2D eigenvalue weighted by atomic mass is 9.86. The highest BCUT2D eigenvalue weighted by Crippen LogP contribution is 2.30. The van der Waals surface area contributed by atoms with Gasteiger partial charge in [0.2, 0.25) is 11.8 Å². The molecule has 45 heavy (non-hydrogen) atoms. The molecule has 0 spiro atoms. The number of nitrogens with two attached hydrogens (primary N) is 1. The summed E-state index contributed by atoms with van der Waals surface area (Å²) < 4.78 is 13.5. The molecule has 240 valence electrons. The summed E-state index contributed by atoms with van der Waals surface area (Å²) in [5.74, 6) is 1.49. The summed E-state index contributed by atoms with van der Waals surface area (Å²) in [6, 6.07) is 24.6. The number of tetrazole rings is 1. The summed E-state index contributed by atoms with van der Waals surface area (Å²) in [6.45, 7) is 8.02. The van der Waals surface area contributed by atoms with E-state index >= 15 is 0 Å². The molecule has 2 heterocycles. The van der Waals surface area contributed by atoms with Crippen molar-refractivity contribution in [3.63, 3.8) is 0 Å². The van der Waals surface area contributed by atoms with E-state index in [0.717, 1.165) is 60.3 Å². The van der Waals surface area contributed by atoms with Gasteiger partial charge in [0.25, 0.3) is 0 Å². The number of benzene rings is 2. The molecular weight excluding hydrogens is 566 g/mol. The van der Waals surface area contributed by atoms with Crippen molar-refractivity contribution in [2.24, 2.45) is 5.73 Å². The Morgan fingerprint density at radius 3 is 2.36 bits per heavy atom. The first-order valence-corrected chi connectivity index (χ1v) is 16.0. The van der Waals surface area contributed by atoms with E-state index in [-0.39, 0.29) is 11.3 Å². The smallest absolute Gasteiger partial charge is 0.220 e. The molecule has 2 aromatic carbocycles. The van der Waals surface area contributed by atoms with Gasteiger partial charge in [-0.1, -0.05) is 74.5 Å². The number of nitrogens with zero attached hydrogens (tertiary/aromatic N) is 5. The molecule has 10 heteroatoms. The molecule has 3 N–H and O–H groups in total. The van der Waals surface area contributed by atoms with E-state index in [9.17, 15) is 4.79 Å². The topological polar surface area (TPSA) is 130 Å². The third kappa shape index (κ3) is 11.1. The molecule has 0 atom stereocenters. The summed E-state index contributed by atoms with van der Waals surface area (Å²) >= 11 is 0. The monoisotopic (exact) mass is 613 g/mol. The second-order valence-corrected chi connectivity index (χ2v) is 11.8. The van der Waals surface area contributed by atoms with Crippen LogP contribution in [0.5, 0.6) is 5.88 Å². The van der Waals surface area contributed by atoms with Crippen LogP contribution in [0.4, 0.5) is 0 Å². The molecule has 0 aliphatic heterocycles. The first-order valence-electron chi connectivity index (χ1n) is 16.0. The van der Waals surface area contributed by atoms with Crippen LogP contribution in [0.1, 0.15) is 64.6 Å². The predicted octanol–water partition coefficient (Wildman–Crippen LogP) is 5.58. The van der Waals surface area contributed by atoms with Gasteiger partial charge in [-0.2, -0.15) is 0 Å². The number of pyridine rings is 1. The molecule has 0 radical (unpaired) electrons. The number of carbonyl (C=O) groups excluding carboxylic acids is 1. The van der Waals surface area contributed by atoms with Crippen molar-refractivity contribution in [1.29, 1.82) is 0 Å². The van der Waals surface area contributed by atoms with Crippen LogP contribution in [0.25, 0.3) is 22.4 Å². The van der Waals surface area contributed by atoms with Crippen LogP contribution in [0.15, 0.2) is 72.8 Å². The summed E-state index contributed by atoms with van der Waals surface area (Å²) in [6.07, 6.45) is 5.46. The molecule has 0 bridgehead atoms. The molecule has 0 fully saturated rings. The highest BCUT2D eigenvalue weighted by molar-refractivity contribution is 5.75. The second-order valence-electron chi connectivity index (χ2n) is 11.8. The summed E-state index contributed by atoms with van der Waals surface area (Å²) in [7, 11) is 0. The lowest BCUT2D eigenvalue weighted by molar-refractivity contribution is -0.121. The van der Waals surface area contributed by atoms with Crippen LogP contribution in [-0.4, -0.2) is 64.0 Å². The van der Waals surface area contributed by atoms with Crippen molar-refractivity contribution < 1.29 is 14.3 Å².